The predicted molar refractivity (Wildman–Crippen MR) is 96.1 cm³/mol. The number of oxazole rings is 1. The number of nitrogens with zero attached hydrogens (tertiary/aromatic N) is 1. The predicted octanol–water partition coefficient (Wildman–Crippen LogP) is 3.32. The van der Waals surface area contributed by atoms with Gasteiger partial charge in [-0.3, -0.25) is 4.98 Å². The highest BCUT2D eigenvalue weighted by Crippen LogP contribution is 2.31. The van der Waals surface area contributed by atoms with Crippen molar-refractivity contribution in [3.8, 4) is 0 Å². The van der Waals surface area contributed by atoms with E-state index in [2.05, 4.69) is 4.98 Å². The molecule has 1 aliphatic rings. The maximum atomic E-state index is 13.3. The third-order valence-electron chi connectivity index (χ3n) is 4.62. The first-order chi connectivity index (χ1) is 12.0. The lowest BCUT2D eigenvalue weighted by molar-refractivity contribution is 0.318. The first-order valence-corrected chi connectivity index (χ1v) is 10.5. The Labute approximate surface area is 149 Å². The van der Waals surface area contributed by atoms with Crippen LogP contribution in [0.4, 0.5) is 0 Å². The first-order valence-electron chi connectivity index (χ1n) is 8.21. The molecule has 0 spiro atoms. The molecule has 2 heterocycles. The molecular formula is C17H18N2O4S2. The summed E-state index contributed by atoms with van der Waals surface area (Å²) in [6.45, 7) is 0.375. The van der Waals surface area contributed by atoms with Crippen molar-refractivity contribution in [1.82, 2.24) is 9.29 Å². The number of H-pyrrole nitrogens is 1. The van der Waals surface area contributed by atoms with Gasteiger partial charge in [-0.1, -0.05) is 18.9 Å². The number of benzene rings is 1. The summed E-state index contributed by atoms with van der Waals surface area (Å²) in [5, 5.41) is 1.95. The van der Waals surface area contributed by atoms with Crippen molar-refractivity contribution < 1.29 is 12.8 Å². The molecule has 8 heteroatoms. The van der Waals surface area contributed by atoms with Crippen molar-refractivity contribution in [3.63, 3.8) is 0 Å². The molecule has 0 saturated heterocycles. The van der Waals surface area contributed by atoms with Crippen LogP contribution in [0.15, 0.2) is 49.8 Å². The summed E-state index contributed by atoms with van der Waals surface area (Å²) < 4.78 is 33.2. The fourth-order valence-electron chi connectivity index (χ4n) is 3.38. The molecule has 3 aromatic rings. The quantitative estimate of drug-likeness (QED) is 0.738. The molecule has 4 rings (SSSR count). The van der Waals surface area contributed by atoms with Crippen LogP contribution >= 0.6 is 11.3 Å². The highest BCUT2D eigenvalue weighted by atomic mass is 32.2. The molecule has 0 bridgehead atoms. The molecule has 0 radical (unpaired) electrons. The van der Waals surface area contributed by atoms with Crippen molar-refractivity contribution >= 4 is 32.5 Å². The number of aromatic amines is 1. The molecule has 0 atom stereocenters. The topological polar surface area (TPSA) is 83.4 Å². The van der Waals surface area contributed by atoms with Gasteiger partial charge in [0.15, 0.2) is 5.58 Å². The van der Waals surface area contributed by atoms with Crippen LogP contribution in [-0.2, 0) is 16.6 Å². The zero-order valence-corrected chi connectivity index (χ0v) is 15.1. The van der Waals surface area contributed by atoms with E-state index in [0.717, 1.165) is 30.6 Å². The molecule has 0 aliphatic heterocycles. The van der Waals surface area contributed by atoms with Crippen molar-refractivity contribution in [2.24, 2.45) is 0 Å². The summed E-state index contributed by atoms with van der Waals surface area (Å²) in [4.78, 5) is 15.0. The van der Waals surface area contributed by atoms with E-state index in [1.54, 1.807) is 21.7 Å². The Hall–Kier alpha value is -1.90. The van der Waals surface area contributed by atoms with E-state index in [1.807, 2.05) is 17.5 Å². The maximum absolute atomic E-state index is 13.3. The van der Waals surface area contributed by atoms with Gasteiger partial charge in [0.2, 0.25) is 10.0 Å². The Morgan fingerprint density at radius 2 is 2.04 bits per heavy atom. The Morgan fingerprint density at radius 3 is 2.76 bits per heavy atom. The molecule has 0 amide bonds. The number of thiophene rings is 1. The van der Waals surface area contributed by atoms with Crippen molar-refractivity contribution in [2.45, 2.75) is 43.2 Å². The van der Waals surface area contributed by atoms with Crippen molar-refractivity contribution in [3.05, 3.63) is 51.1 Å². The Kier molecular flexibility index (Phi) is 4.26. The zero-order valence-electron chi connectivity index (χ0n) is 13.5. The minimum atomic E-state index is -3.68. The lowest BCUT2D eigenvalue weighted by Crippen LogP contribution is -2.38. The third kappa shape index (κ3) is 3.17. The number of fused-ring (bicyclic) bond motifs is 1. The van der Waals surface area contributed by atoms with Gasteiger partial charge < -0.3 is 4.42 Å². The van der Waals surface area contributed by atoms with Crippen LogP contribution in [0.1, 0.15) is 30.6 Å². The molecule has 0 unspecified atom stereocenters. The highest BCUT2D eigenvalue weighted by molar-refractivity contribution is 7.89. The smallest absolute Gasteiger partial charge is 0.408 e. The molecule has 25 heavy (non-hydrogen) atoms. The molecule has 1 N–H and O–H groups in total. The summed E-state index contributed by atoms with van der Waals surface area (Å²) in [7, 11) is -3.68. The average Bonchev–Trinajstić information content (AvgIpc) is 3.32. The maximum Gasteiger partial charge on any atom is 0.417 e. The van der Waals surface area contributed by atoms with Crippen LogP contribution in [0.3, 0.4) is 0 Å². The van der Waals surface area contributed by atoms with Crippen molar-refractivity contribution in [2.75, 3.05) is 0 Å². The number of hydrogen-bond donors (Lipinski definition) is 1. The summed E-state index contributed by atoms with van der Waals surface area (Å²) in [6, 6.07) is 8.43. The summed E-state index contributed by atoms with van der Waals surface area (Å²) in [6.07, 6.45) is 3.86. The molecule has 132 valence electrons. The van der Waals surface area contributed by atoms with Gasteiger partial charge in [-0.15, -0.1) is 11.3 Å². The van der Waals surface area contributed by atoms with Gasteiger partial charge in [0.1, 0.15) is 0 Å². The van der Waals surface area contributed by atoms with Gasteiger partial charge in [-0.2, -0.15) is 4.31 Å². The van der Waals surface area contributed by atoms with E-state index in [-0.39, 0.29) is 16.5 Å². The Bertz CT molecular complexity index is 1030. The molecule has 1 aromatic carbocycles. The van der Waals surface area contributed by atoms with Gasteiger partial charge in [0.25, 0.3) is 0 Å². The van der Waals surface area contributed by atoms with E-state index in [4.69, 9.17) is 4.42 Å². The Balaban J connectivity index is 1.75. The summed E-state index contributed by atoms with van der Waals surface area (Å²) in [5.41, 5.74) is 0.753. The second kappa shape index (κ2) is 6.44. The van der Waals surface area contributed by atoms with Crippen LogP contribution in [0.2, 0.25) is 0 Å². The van der Waals surface area contributed by atoms with Gasteiger partial charge in [-0.25, -0.2) is 13.2 Å². The second-order valence-corrected chi connectivity index (χ2v) is 9.16. The number of aromatic nitrogens is 1. The molecular weight excluding hydrogens is 360 g/mol. The van der Waals surface area contributed by atoms with Crippen LogP contribution in [0.5, 0.6) is 0 Å². The molecule has 2 aromatic heterocycles. The normalized spacial score (nSPS) is 16.2. The SMILES string of the molecule is O=c1[nH]c2ccc(S(=O)(=O)N(Cc3cccs3)C3CCCC3)cc2o1. The molecule has 1 aliphatic carbocycles. The van der Waals surface area contributed by atoms with E-state index in [9.17, 15) is 13.2 Å². The van der Waals surface area contributed by atoms with E-state index >= 15 is 0 Å². The van der Waals surface area contributed by atoms with Crippen LogP contribution < -0.4 is 5.76 Å². The van der Waals surface area contributed by atoms with Crippen molar-refractivity contribution in [1.29, 1.82) is 0 Å². The minimum Gasteiger partial charge on any atom is -0.408 e. The van der Waals surface area contributed by atoms with Gasteiger partial charge in [-0.05, 0) is 36.4 Å². The zero-order chi connectivity index (χ0) is 17.4. The van der Waals surface area contributed by atoms with E-state index in [1.165, 1.54) is 12.1 Å². The van der Waals surface area contributed by atoms with Gasteiger partial charge in [0.05, 0.1) is 10.4 Å². The van der Waals surface area contributed by atoms with E-state index in [0.29, 0.717) is 12.1 Å². The third-order valence-corrected chi connectivity index (χ3v) is 7.38. The number of nitrogens with one attached hydrogen (secondary N) is 1. The molecule has 6 nitrogen and oxygen atoms in total. The number of rotatable bonds is 5. The fraction of sp³-hybridized carbons (Fsp3) is 0.353. The standard InChI is InChI=1S/C17H18N2O4S2/c20-17-18-15-8-7-14(10-16(15)23-17)25(21,22)19(12-4-1-2-5-12)11-13-6-3-9-24-13/h3,6-10,12H,1-2,4-5,11H2,(H,18,20). The van der Waals surface area contributed by atoms with Gasteiger partial charge in [0, 0.05) is 23.5 Å². The van der Waals surface area contributed by atoms with Crippen LogP contribution in [-0.4, -0.2) is 23.7 Å². The minimum absolute atomic E-state index is 0.0148. The van der Waals surface area contributed by atoms with E-state index < -0.39 is 15.8 Å². The second-order valence-electron chi connectivity index (χ2n) is 6.24. The fourth-order valence-corrected chi connectivity index (χ4v) is 5.84. The lowest BCUT2D eigenvalue weighted by Gasteiger charge is -2.27. The summed E-state index contributed by atoms with van der Waals surface area (Å²) in [5.74, 6) is -0.587. The highest BCUT2D eigenvalue weighted by Gasteiger charge is 2.33. The Morgan fingerprint density at radius 1 is 1.24 bits per heavy atom. The number of sulfonamides is 1. The average molecular weight is 378 g/mol. The lowest BCUT2D eigenvalue weighted by atomic mass is 10.2. The monoisotopic (exact) mass is 378 g/mol. The summed E-state index contributed by atoms with van der Waals surface area (Å²) >= 11 is 1.56. The number of hydrogen-bond acceptors (Lipinski definition) is 5. The van der Waals surface area contributed by atoms with Crippen LogP contribution in [0.25, 0.3) is 11.1 Å². The molecule has 1 fully saturated rings. The van der Waals surface area contributed by atoms with Crippen LogP contribution in [0, 0.1) is 0 Å². The largest absolute Gasteiger partial charge is 0.417 e. The molecule has 1 saturated carbocycles. The van der Waals surface area contributed by atoms with Gasteiger partial charge >= 0.3 is 5.76 Å². The first kappa shape index (κ1) is 16.6.